The van der Waals surface area contributed by atoms with E-state index in [1.165, 1.54) is 11.1 Å². The zero-order chi connectivity index (χ0) is 17.2. The van der Waals surface area contributed by atoms with Crippen LogP contribution in [0.1, 0.15) is 46.0 Å². The summed E-state index contributed by atoms with van der Waals surface area (Å²) in [6.07, 6.45) is 2.91. The average Bonchev–Trinajstić information content (AvgIpc) is 3.29. The van der Waals surface area contributed by atoms with Gasteiger partial charge in [0.15, 0.2) is 0 Å². The van der Waals surface area contributed by atoms with Gasteiger partial charge < -0.3 is 25.7 Å². The molecular formula is C19H29NO4. The van der Waals surface area contributed by atoms with Crippen LogP contribution in [-0.2, 0) is 0 Å². The molecule has 0 saturated heterocycles. The van der Waals surface area contributed by atoms with Gasteiger partial charge in [-0.2, -0.15) is 0 Å². The Morgan fingerprint density at radius 2 is 1.79 bits per heavy atom. The highest BCUT2D eigenvalue weighted by molar-refractivity contribution is 5.34. The molecule has 1 heterocycles. The maximum absolute atomic E-state index is 10.4. The van der Waals surface area contributed by atoms with Crippen LogP contribution in [0.5, 0.6) is 0 Å². The first kappa shape index (κ1) is 16.4. The van der Waals surface area contributed by atoms with Gasteiger partial charge in [-0.15, -0.1) is 0 Å². The number of aliphatic hydroxyl groups is 4. The van der Waals surface area contributed by atoms with E-state index in [0.717, 1.165) is 32.2 Å². The fourth-order valence-corrected chi connectivity index (χ4v) is 5.56. The Hall–Kier alpha value is -1.04. The van der Waals surface area contributed by atoms with Crippen molar-refractivity contribution in [1.82, 2.24) is 5.32 Å². The zero-order valence-corrected chi connectivity index (χ0v) is 14.5. The lowest BCUT2D eigenvalue weighted by molar-refractivity contribution is -0.0385. The smallest absolute Gasteiger partial charge is 0.133 e. The predicted molar refractivity (Wildman–Crippen MR) is 90.4 cm³/mol. The summed E-state index contributed by atoms with van der Waals surface area (Å²) < 4.78 is 0. The molecule has 0 bridgehead atoms. The first-order valence-corrected chi connectivity index (χ1v) is 9.29. The van der Waals surface area contributed by atoms with E-state index < -0.39 is 12.2 Å². The first-order chi connectivity index (χ1) is 11.4. The fraction of sp³-hybridized carbons (Fsp3) is 0.789. The SMILES string of the molecule is CC1C2=C(C(CC34CCC(O)=C(O)C3C4)NCC2)C(C)C(O)C1O. The maximum atomic E-state index is 10.4. The van der Waals surface area contributed by atoms with Crippen LogP contribution < -0.4 is 5.32 Å². The second kappa shape index (κ2) is 5.48. The number of nitrogens with one attached hydrogen (secondary N) is 1. The van der Waals surface area contributed by atoms with Crippen LogP contribution in [0.2, 0.25) is 0 Å². The van der Waals surface area contributed by atoms with Gasteiger partial charge in [0.25, 0.3) is 0 Å². The minimum Gasteiger partial charge on any atom is -0.509 e. The van der Waals surface area contributed by atoms with Gasteiger partial charge in [-0.3, -0.25) is 0 Å². The molecular weight excluding hydrogens is 306 g/mol. The van der Waals surface area contributed by atoms with E-state index in [2.05, 4.69) is 5.32 Å². The van der Waals surface area contributed by atoms with Crippen LogP contribution in [0, 0.1) is 23.2 Å². The lowest BCUT2D eigenvalue weighted by atomic mass is 9.68. The molecule has 0 aromatic heterocycles. The number of fused-ring (bicyclic) bond motifs is 1. The molecule has 5 heteroatoms. The molecule has 0 spiro atoms. The lowest BCUT2D eigenvalue weighted by Crippen LogP contribution is -2.51. The standard InChI is InChI=1S/C19H29NO4/c1-9-11-4-6-20-13(15(11)10(2)17(23)16(9)22)8-19-5-3-14(21)18(24)12(19)7-19/h9-10,12-13,16-17,20-24H,3-8H2,1-2H3. The molecule has 5 N–H and O–H groups in total. The summed E-state index contributed by atoms with van der Waals surface area (Å²) in [6, 6.07) is 0.200. The highest BCUT2D eigenvalue weighted by Crippen LogP contribution is 2.65. The Labute approximate surface area is 143 Å². The molecule has 7 atom stereocenters. The van der Waals surface area contributed by atoms with Gasteiger partial charge in [-0.1, -0.05) is 19.4 Å². The van der Waals surface area contributed by atoms with Crippen molar-refractivity contribution >= 4 is 0 Å². The molecule has 7 unspecified atom stereocenters. The highest BCUT2D eigenvalue weighted by atomic mass is 16.3. The molecule has 5 nitrogen and oxygen atoms in total. The summed E-state index contributed by atoms with van der Waals surface area (Å²) in [5, 5.41) is 44.2. The predicted octanol–water partition coefficient (Wildman–Crippen LogP) is 2.17. The van der Waals surface area contributed by atoms with Crippen LogP contribution >= 0.6 is 0 Å². The molecule has 0 radical (unpaired) electrons. The minimum atomic E-state index is -0.711. The number of rotatable bonds is 2. The Morgan fingerprint density at radius 1 is 1.08 bits per heavy atom. The van der Waals surface area contributed by atoms with Crippen molar-refractivity contribution in [2.45, 2.75) is 64.2 Å². The Morgan fingerprint density at radius 3 is 2.54 bits per heavy atom. The van der Waals surface area contributed by atoms with Crippen molar-refractivity contribution in [2.75, 3.05) is 6.54 Å². The van der Waals surface area contributed by atoms with Crippen molar-refractivity contribution in [3.8, 4) is 0 Å². The summed E-state index contributed by atoms with van der Waals surface area (Å²) in [7, 11) is 0. The zero-order valence-electron chi connectivity index (χ0n) is 14.5. The Balaban J connectivity index is 1.61. The molecule has 1 saturated carbocycles. The molecule has 0 aromatic carbocycles. The molecule has 24 heavy (non-hydrogen) atoms. The van der Waals surface area contributed by atoms with Gasteiger partial charge in [-0.25, -0.2) is 0 Å². The van der Waals surface area contributed by atoms with Gasteiger partial charge in [-0.05, 0) is 43.2 Å². The summed E-state index contributed by atoms with van der Waals surface area (Å²) in [4.78, 5) is 0. The van der Waals surface area contributed by atoms with Crippen LogP contribution in [0.25, 0.3) is 0 Å². The summed E-state index contributed by atoms with van der Waals surface area (Å²) in [6.45, 7) is 4.93. The molecule has 3 aliphatic carbocycles. The average molecular weight is 335 g/mol. The number of allylic oxidation sites excluding steroid dienone is 2. The van der Waals surface area contributed by atoms with E-state index in [1.54, 1.807) is 0 Å². The van der Waals surface area contributed by atoms with Gasteiger partial charge in [0, 0.05) is 30.2 Å². The minimum absolute atomic E-state index is 0.00648. The molecule has 0 amide bonds. The van der Waals surface area contributed by atoms with E-state index in [4.69, 9.17) is 0 Å². The number of hydrogen-bond acceptors (Lipinski definition) is 5. The van der Waals surface area contributed by atoms with E-state index >= 15 is 0 Å². The maximum Gasteiger partial charge on any atom is 0.133 e. The molecule has 1 aliphatic heterocycles. The second-order valence-corrected chi connectivity index (χ2v) is 8.45. The van der Waals surface area contributed by atoms with E-state index in [0.29, 0.717) is 6.42 Å². The highest BCUT2D eigenvalue weighted by Gasteiger charge is 2.60. The van der Waals surface area contributed by atoms with Crippen molar-refractivity contribution in [3.05, 3.63) is 22.7 Å². The fourth-order valence-electron chi connectivity index (χ4n) is 5.56. The normalized spacial score (nSPS) is 48.2. The van der Waals surface area contributed by atoms with Crippen LogP contribution in [-0.4, -0.2) is 45.2 Å². The van der Waals surface area contributed by atoms with Gasteiger partial charge in [0.2, 0.25) is 0 Å². The van der Waals surface area contributed by atoms with Crippen molar-refractivity contribution in [1.29, 1.82) is 0 Å². The van der Waals surface area contributed by atoms with E-state index in [-0.39, 0.29) is 40.7 Å². The second-order valence-electron chi connectivity index (χ2n) is 8.45. The third-order valence-corrected chi connectivity index (χ3v) is 7.23. The van der Waals surface area contributed by atoms with Crippen LogP contribution in [0.15, 0.2) is 22.7 Å². The quantitative estimate of drug-likeness (QED) is 0.499. The number of aliphatic hydroxyl groups excluding tert-OH is 4. The molecule has 1 fully saturated rings. The third-order valence-electron chi connectivity index (χ3n) is 7.23. The summed E-state index contributed by atoms with van der Waals surface area (Å²) in [5.74, 6) is 0.436. The summed E-state index contributed by atoms with van der Waals surface area (Å²) >= 11 is 0. The molecule has 0 aromatic rings. The van der Waals surface area contributed by atoms with Gasteiger partial charge in [0.1, 0.15) is 11.5 Å². The number of hydrogen-bond donors (Lipinski definition) is 5. The molecule has 4 aliphatic rings. The van der Waals surface area contributed by atoms with Crippen LogP contribution in [0.4, 0.5) is 0 Å². The monoisotopic (exact) mass is 335 g/mol. The third kappa shape index (κ3) is 2.25. The molecule has 4 rings (SSSR count). The van der Waals surface area contributed by atoms with Crippen molar-refractivity contribution < 1.29 is 20.4 Å². The van der Waals surface area contributed by atoms with Gasteiger partial charge in [0.05, 0.1) is 12.2 Å². The Kier molecular flexibility index (Phi) is 3.75. The van der Waals surface area contributed by atoms with E-state index in [1.807, 2.05) is 13.8 Å². The van der Waals surface area contributed by atoms with Crippen molar-refractivity contribution in [3.63, 3.8) is 0 Å². The van der Waals surface area contributed by atoms with E-state index in [9.17, 15) is 20.4 Å². The molecule has 134 valence electrons. The van der Waals surface area contributed by atoms with Crippen LogP contribution in [0.3, 0.4) is 0 Å². The topological polar surface area (TPSA) is 93.0 Å². The first-order valence-electron chi connectivity index (χ1n) is 9.29. The van der Waals surface area contributed by atoms with Crippen molar-refractivity contribution in [2.24, 2.45) is 23.2 Å². The Bertz CT molecular complexity index is 612. The van der Waals surface area contributed by atoms with Gasteiger partial charge >= 0.3 is 0 Å². The largest absolute Gasteiger partial charge is 0.509 e. The summed E-state index contributed by atoms with van der Waals surface area (Å²) in [5.41, 5.74) is 2.69. The lowest BCUT2D eigenvalue weighted by Gasteiger charge is -2.45.